The van der Waals surface area contributed by atoms with Crippen LogP contribution in [0.4, 0.5) is 0 Å². The number of carbonyl (C=O) groups excluding carboxylic acids is 1. The fourth-order valence-corrected chi connectivity index (χ4v) is 3.40. The number of nitrogens with zero attached hydrogens (tertiary/aromatic N) is 6. The van der Waals surface area contributed by atoms with Crippen molar-refractivity contribution in [1.82, 2.24) is 28.5 Å². The molecule has 0 radical (unpaired) electrons. The lowest BCUT2D eigenvalue weighted by atomic mass is 10.3. The van der Waals surface area contributed by atoms with Gasteiger partial charge in [-0.1, -0.05) is 6.92 Å². The van der Waals surface area contributed by atoms with E-state index in [2.05, 4.69) is 21.7 Å². The van der Waals surface area contributed by atoms with Crippen molar-refractivity contribution in [3.05, 3.63) is 26.7 Å². The van der Waals surface area contributed by atoms with Crippen molar-refractivity contribution < 1.29 is 4.79 Å². The third-order valence-corrected chi connectivity index (χ3v) is 5.02. The van der Waals surface area contributed by atoms with Gasteiger partial charge >= 0.3 is 5.69 Å². The topological polar surface area (TPSA) is 111 Å². The molecule has 142 valence electrons. The first-order chi connectivity index (χ1) is 12.3. The normalized spacial score (nSPS) is 16.4. The second kappa shape index (κ2) is 7.04. The van der Waals surface area contributed by atoms with Gasteiger partial charge in [-0.25, -0.2) is 9.78 Å². The average molecular weight is 363 g/mol. The number of aryl methyl sites for hydroxylation is 1. The Balaban J connectivity index is 2.06. The van der Waals surface area contributed by atoms with Crippen LogP contribution in [0, 0.1) is 0 Å². The number of amides is 1. The summed E-state index contributed by atoms with van der Waals surface area (Å²) in [6, 6.07) is 0. The zero-order valence-corrected chi connectivity index (χ0v) is 15.4. The third-order valence-electron chi connectivity index (χ3n) is 5.02. The highest BCUT2D eigenvalue weighted by molar-refractivity contribution is 5.78. The number of rotatable bonds is 5. The second-order valence-corrected chi connectivity index (χ2v) is 6.67. The molecule has 1 aliphatic rings. The van der Waals surface area contributed by atoms with Crippen LogP contribution in [0.15, 0.2) is 9.59 Å². The molecule has 3 rings (SSSR count). The van der Waals surface area contributed by atoms with Gasteiger partial charge in [-0.15, -0.1) is 0 Å². The van der Waals surface area contributed by atoms with E-state index < -0.39 is 17.2 Å². The van der Waals surface area contributed by atoms with Crippen LogP contribution in [-0.2, 0) is 32.0 Å². The van der Waals surface area contributed by atoms with Gasteiger partial charge in [-0.3, -0.25) is 23.6 Å². The Morgan fingerprint density at radius 2 is 1.69 bits per heavy atom. The van der Waals surface area contributed by atoms with Gasteiger partial charge in [0.2, 0.25) is 5.91 Å². The lowest BCUT2D eigenvalue weighted by Gasteiger charge is -2.33. The minimum absolute atomic E-state index is 0.145. The molecule has 2 N–H and O–H groups in total. The first-order valence-corrected chi connectivity index (χ1v) is 8.71. The Kier molecular flexibility index (Phi) is 4.97. The van der Waals surface area contributed by atoms with Crippen molar-refractivity contribution >= 4 is 17.1 Å². The van der Waals surface area contributed by atoms with Gasteiger partial charge in [0.25, 0.3) is 5.56 Å². The standard InChI is InChI=1S/C16H25N7O3/c1-4-21-5-7-22(8-6-21)10-12-18-14-13(23(12)9-11(17)24)15(25)20(3)16(26)19(14)2/h4-10H2,1-3H3,(H2,17,24). The fraction of sp³-hybridized carbons (Fsp3) is 0.625. The molecule has 2 aromatic rings. The first kappa shape index (κ1) is 18.3. The van der Waals surface area contributed by atoms with Crippen LogP contribution >= 0.6 is 0 Å². The molecule has 3 heterocycles. The number of piperazine rings is 1. The summed E-state index contributed by atoms with van der Waals surface area (Å²) >= 11 is 0. The first-order valence-electron chi connectivity index (χ1n) is 8.71. The Morgan fingerprint density at radius 1 is 1.08 bits per heavy atom. The van der Waals surface area contributed by atoms with Crippen molar-refractivity contribution in [2.24, 2.45) is 19.8 Å². The second-order valence-electron chi connectivity index (χ2n) is 6.67. The van der Waals surface area contributed by atoms with E-state index in [0.29, 0.717) is 12.4 Å². The minimum atomic E-state index is -0.558. The Labute approximate surface area is 150 Å². The molecule has 2 aromatic heterocycles. The molecular formula is C16H25N7O3. The van der Waals surface area contributed by atoms with Gasteiger partial charge in [0.1, 0.15) is 12.4 Å². The summed E-state index contributed by atoms with van der Waals surface area (Å²) in [6.45, 7) is 7.20. The van der Waals surface area contributed by atoms with Crippen LogP contribution in [0.25, 0.3) is 11.2 Å². The van der Waals surface area contributed by atoms with Gasteiger partial charge in [0.05, 0.1) is 6.54 Å². The molecule has 0 aliphatic carbocycles. The van der Waals surface area contributed by atoms with E-state index >= 15 is 0 Å². The summed E-state index contributed by atoms with van der Waals surface area (Å²) in [5.74, 6) is 0.0132. The van der Waals surface area contributed by atoms with Crippen molar-refractivity contribution in [2.45, 2.75) is 20.0 Å². The summed E-state index contributed by atoms with van der Waals surface area (Å²) in [4.78, 5) is 45.4. The maximum atomic E-state index is 12.6. The van der Waals surface area contributed by atoms with Crippen LogP contribution < -0.4 is 17.0 Å². The lowest BCUT2D eigenvalue weighted by molar-refractivity contribution is -0.118. The number of hydrogen-bond donors (Lipinski definition) is 1. The number of nitrogens with two attached hydrogens (primary N) is 1. The SMILES string of the molecule is CCN1CCN(Cc2nc3c(c(=O)n(C)c(=O)n3C)n2CC(N)=O)CC1. The van der Waals surface area contributed by atoms with Crippen molar-refractivity contribution in [2.75, 3.05) is 32.7 Å². The van der Waals surface area contributed by atoms with E-state index in [-0.39, 0.29) is 17.7 Å². The molecule has 1 amide bonds. The lowest BCUT2D eigenvalue weighted by Crippen LogP contribution is -2.46. The quantitative estimate of drug-likeness (QED) is 0.661. The summed E-state index contributed by atoms with van der Waals surface area (Å²) in [5, 5.41) is 0. The number of carbonyl (C=O) groups is 1. The van der Waals surface area contributed by atoms with E-state index in [1.54, 1.807) is 11.6 Å². The number of primary amides is 1. The average Bonchev–Trinajstić information content (AvgIpc) is 2.96. The van der Waals surface area contributed by atoms with Gasteiger partial charge < -0.3 is 15.2 Å². The number of likely N-dealkylation sites (N-methyl/N-ethyl adjacent to an activating group) is 1. The molecule has 0 unspecified atom stereocenters. The third kappa shape index (κ3) is 3.17. The Hall–Kier alpha value is -2.46. The number of imidazole rings is 1. The molecule has 1 saturated heterocycles. The van der Waals surface area contributed by atoms with Gasteiger partial charge in [0.15, 0.2) is 11.2 Å². The van der Waals surface area contributed by atoms with Gasteiger partial charge in [-0.05, 0) is 6.54 Å². The van der Waals surface area contributed by atoms with Crippen LogP contribution in [0.3, 0.4) is 0 Å². The predicted octanol–water partition coefficient (Wildman–Crippen LogP) is -1.94. The summed E-state index contributed by atoms with van der Waals surface area (Å²) in [6.07, 6.45) is 0. The molecule has 10 heteroatoms. The maximum Gasteiger partial charge on any atom is 0.332 e. The molecule has 0 aromatic carbocycles. The molecule has 0 bridgehead atoms. The zero-order valence-electron chi connectivity index (χ0n) is 15.4. The maximum absolute atomic E-state index is 12.6. The minimum Gasteiger partial charge on any atom is -0.368 e. The van der Waals surface area contributed by atoms with Crippen molar-refractivity contribution in [3.63, 3.8) is 0 Å². The monoisotopic (exact) mass is 363 g/mol. The van der Waals surface area contributed by atoms with Gasteiger partial charge in [0, 0.05) is 40.3 Å². The Bertz CT molecular complexity index is 947. The van der Waals surface area contributed by atoms with Gasteiger partial charge in [-0.2, -0.15) is 0 Å². The summed E-state index contributed by atoms with van der Waals surface area (Å²) < 4.78 is 3.89. The zero-order chi connectivity index (χ0) is 19.0. The summed E-state index contributed by atoms with van der Waals surface area (Å²) in [5.41, 5.74) is 4.97. The molecule has 10 nitrogen and oxygen atoms in total. The molecular weight excluding hydrogens is 338 g/mol. The smallest absolute Gasteiger partial charge is 0.332 e. The van der Waals surface area contributed by atoms with E-state index in [1.807, 2.05) is 0 Å². The van der Waals surface area contributed by atoms with Crippen LogP contribution in [-0.4, -0.2) is 67.1 Å². The van der Waals surface area contributed by atoms with E-state index in [1.165, 1.54) is 11.6 Å². The molecule has 1 fully saturated rings. The molecule has 26 heavy (non-hydrogen) atoms. The molecule has 0 saturated carbocycles. The number of fused-ring (bicyclic) bond motifs is 1. The molecule has 0 spiro atoms. The molecule has 1 aliphatic heterocycles. The van der Waals surface area contributed by atoms with Crippen LogP contribution in [0.2, 0.25) is 0 Å². The highest BCUT2D eigenvalue weighted by Crippen LogP contribution is 2.14. The van der Waals surface area contributed by atoms with E-state index in [4.69, 9.17) is 5.73 Å². The summed E-state index contributed by atoms with van der Waals surface area (Å²) in [7, 11) is 2.98. The predicted molar refractivity (Wildman–Crippen MR) is 96.8 cm³/mol. The fourth-order valence-electron chi connectivity index (χ4n) is 3.40. The highest BCUT2D eigenvalue weighted by atomic mass is 16.2. The molecule has 0 atom stereocenters. The van der Waals surface area contributed by atoms with Crippen LogP contribution in [0.5, 0.6) is 0 Å². The Morgan fingerprint density at radius 3 is 2.27 bits per heavy atom. The van der Waals surface area contributed by atoms with E-state index in [9.17, 15) is 14.4 Å². The van der Waals surface area contributed by atoms with E-state index in [0.717, 1.165) is 37.3 Å². The number of hydrogen-bond acceptors (Lipinski definition) is 6. The van der Waals surface area contributed by atoms with Crippen molar-refractivity contribution in [1.29, 1.82) is 0 Å². The van der Waals surface area contributed by atoms with Crippen LogP contribution in [0.1, 0.15) is 12.7 Å². The van der Waals surface area contributed by atoms with Crippen molar-refractivity contribution in [3.8, 4) is 0 Å². The largest absolute Gasteiger partial charge is 0.368 e. The number of aromatic nitrogens is 4. The highest BCUT2D eigenvalue weighted by Gasteiger charge is 2.23.